The van der Waals surface area contributed by atoms with Crippen LogP contribution in [0.1, 0.15) is 44.2 Å². The van der Waals surface area contributed by atoms with Crippen molar-refractivity contribution in [1.29, 1.82) is 0 Å². The second-order valence-electron chi connectivity index (χ2n) is 7.03. The van der Waals surface area contributed by atoms with Gasteiger partial charge in [0.25, 0.3) is 0 Å². The lowest BCUT2D eigenvalue weighted by Crippen LogP contribution is -2.45. The number of urea groups is 1. The number of esters is 1. The van der Waals surface area contributed by atoms with Gasteiger partial charge in [-0.2, -0.15) is 0 Å². The first-order chi connectivity index (χ1) is 13.1. The van der Waals surface area contributed by atoms with Gasteiger partial charge < -0.3 is 15.2 Å². The highest BCUT2D eigenvalue weighted by Crippen LogP contribution is 2.30. The second-order valence-corrected chi connectivity index (χ2v) is 7.03. The molecule has 2 aliphatic heterocycles. The number of carbonyl (C=O) groups is 2. The highest BCUT2D eigenvalue weighted by Gasteiger charge is 2.39. The Hall–Kier alpha value is -2.41. The molecule has 7 heteroatoms. The topological polar surface area (TPSA) is 91.2 Å². The van der Waals surface area contributed by atoms with Crippen LogP contribution in [0, 0.1) is 5.92 Å². The summed E-state index contributed by atoms with van der Waals surface area (Å²) in [6, 6.07) is 5.49. The van der Waals surface area contributed by atoms with Crippen LogP contribution in [0.5, 0.6) is 5.75 Å². The highest BCUT2D eigenvalue weighted by molar-refractivity contribution is 6.09. The van der Waals surface area contributed by atoms with Crippen LogP contribution in [-0.4, -0.2) is 54.0 Å². The molecule has 2 aliphatic rings. The van der Waals surface area contributed by atoms with E-state index in [0.717, 1.165) is 19.6 Å². The second kappa shape index (κ2) is 8.99. The number of nitrogens with one attached hydrogen (secondary N) is 1. The van der Waals surface area contributed by atoms with E-state index in [1.54, 1.807) is 24.3 Å². The van der Waals surface area contributed by atoms with Gasteiger partial charge in [-0.1, -0.05) is 25.5 Å². The fourth-order valence-electron chi connectivity index (χ4n) is 3.75. The number of carbonyl (C=O) groups excluding carboxylic acids is 2. The average Bonchev–Trinajstić information content (AvgIpc) is 2.68. The summed E-state index contributed by atoms with van der Waals surface area (Å²) in [4.78, 5) is 31.1. The predicted octanol–water partition coefficient (Wildman–Crippen LogP) is 2.65. The Bertz CT molecular complexity index is 713. The molecule has 1 aromatic carbocycles. The molecule has 0 spiro atoms. The van der Waals surface area contributed by atoms with E-state index >= 15 is 0 Å². The Morgan fingerprint density at radius 3 is 2.81 bits per heavy atom. The lowest BCUT2D eigenvalue weighted by atomic mass is 9.86. The predicted molar refractivity (Wildman–Crippen MR) is 102 cm³/mol. The number of hydrogen-bond donors (Lipinski definition) is 2. The van der Waals surface area contributed by atoms with E-state index < -0.39 is 18.0 Å². The van der Waals surface area contributed by atoms with Gasteiger partial charge in [-0.3, -0.25) is 9.69 Å². The van der Waals surface area contributed by atoms with Gasteiger partial charge in [0.05, 0.1) is 6.04 Å². The van der Waals surface area contributed by atoms with Crippen molar-refractivity contribution in [3.8, 4) is 5.75 Å². The van der Waals surface area contributed by atoms with Crippen LogP contribution >= 0.6 is 0 Å². The molecule has 2 heterocycles. The van der Waals surface area contributed by atoms with Gasteiger partial charge in [-0.25, -0.2) is 9.79 Å². The van der Waals surface area contributed by atoms with Crippen LogP contribution < -0.4 is 5.32 Å². The maximum atomic E-state index is 12.8. The van der Waals surface area contributed by atoms with Crippen molar-refractivity contribution in [1.82, 2.24) is 10.2 Å². The molecule has 1 fully saturated rings. The van der Waals surface area contributed by atoms with E-state index in [9.17, 15) is 14.7 Å². The first kappa shape index (κ1) is 19.4. The Kier molecular flexibility index (Phi) is 6.45. The number of benzene rings is 1. The van der Waals surface area contributed by atoms with Crippen molar-refractivity contribution in [3.63, 3.8) is 0 Å². The van der Waals surface area contributed by atoms with Gasteiger partial charge in [0.2, 0.25) is 0 Å². The number of piperidine rings is 1. The van der Waals surface area contributed by atoms with Crippen LogP contribution in [0.25, 0.3) is 0 Å². The van der Waals surface area contributed by atoms with E-state index in [0.29, 0.717) is 24.3 Å². The third-order valence-electron chi connectivity index (χ3n) is 5.16. The first-order valence-corrected chi connectivity index (χ1v) is 9.64. The molecule has 7 nitrogen and oxygen atoms in total. The highest BCUT2D eigenvalue weighted by atomic mass is 16.5. The van der Waals surface area contributed by atoms with Gasteiger partial charge in [-0.15, -0.1) is 0 Å². The van der Waals surface area contributed by atoms with Crippen molar-refractivity contribution in [2.45, 2.75) is 38.6 Å². The Morgan fingerprint density at radius 2 is 2.11 bits per heavy atom. The molecule has 27 heavy (non-hydrogen) atoms. The summed E-state index contributed by atoms with van der Waals surface area (Å²) in [6.45, 7) is 5.01. The minimum Gasteiger partial charge on any atom is -0.508 e. The standard InChI is InChI=1S/C20H27N3O4/c1-2-16-17(19(25)27-12-11-23-9-4-3-5-10-23)18(22-20(26)21-16)14-7-6-8-15(24)13-14/h6-8,13,17-18,24H,2-5,9-12H2,1H3,(H,22,26). The molecule has 2 unspecified atom stereocenters. The molecular formula is C20H27N3O4. The fraction of sp³-hybridized carbons (Fsp3) is 0.550. The van der Waals surface area contributed by atoms with Crippen molar-refractivity contribution in [2.75, 3.05) is 26.2 Å². The summed E-state index contributed by atoms with van der Waals surface area (Å²) in [7, 11) is 0. The van der Waals surface area contributed by atoms with Crippen molar-refractivity contribution in [2.24, 2.45) is 10.9 Å². The normalized spacial score (nSPS) is 23.4. The van der Waals surface area contributed by atoms with Gasteiger partial charge in [0.1, 0.15) is 18.3 Å². The average molecular weight is 373 g/mol. The number of hydrogen-bond acceptors (Lipinski definition) is 5. The number of phenols is 1. The molecule has 2 N–H and O–H groups in total. The molecule has 0 aromatic heterocycles. The molecular weight excluding hydrogens is 346 g/mol. The van der Waals surface area contributed by atoms with E-state index in [2.05, 4.69) is 15.2 Å². The molecule has 1 aromatic rings. The van der Waals surface area contributed by atoms with Crippen LogP contribution in [0.4, 0.5) is 4.79 Å². The maximum absolute atomic E-state index is 12.8. The molecule has 2 atom stereocenters. The lowest BCUT2D eigenvalue weighted by molar-refractivity contribution is -0.147. The number of rotatable bonds is 6. The Labute approximate surface area is 159 Å². The summed E-state index contributed by atoms with van der Waals surface area (Å²) >= 11 is 0. The minimum absolute atomic E-state index is 0.0829. The lowest BCUT2D eigenvalue weighted by Gasteiger charge is -2.31. The molecule has 0 saturated carbocycles. The molecule has 0 radical (unpaired) electrons. The SMILES string of the molecule is CCC1=NC(=O)NC(c2cccc(O)c2)C1C(=O)OCCN1CCCCC1. The largest absolute Gasteiger partial charge is 0.508 e. The van der Waals surface area contributed by atoms with E-state index in [-0.39, 0.29) is 11.7 Å². The number of likely N-dealkylation sites (tertiary alicyclic amines) is 1. The van der Waals surface area contributed by atoms with Crippen LogP contribution in [0.2, 0.25) is 0 Å². The van der Waals surface area contributed by atoms with Crippen LogP contribution in [-0.2, 0) is 9.53 Å². The molecule has 146 valence electrons. The number of aliphatic imine (C=N–C) groups is 1. The molecule has 3 rings (SSSR count). The van der Waals surface area contributed by atoms with Crippen LogP contribution in [0.3, 0.4) is 0 Å². The number of aromatic hydroxyl groups is 1. The quantitative estimate of drug-likeness (QED) is 0.748. The first-order valence-electron chi connectivity index (χ1n) is 9.64. The maximum Gasteiger partial charge on any atom is 0.341 e. The number of ether oxygens (including phenoxy) is 1. The van der Waals surface area contributed by atoms with E-state index in [1.807, 2.05) is 6.92 Å². The minimum atomic E-state index is -0.684. The summed E-state index contributed by atoms with van der Waals surface area (Å²) < 4.78 is 5.56. The van der Waals surface area contributed by atoms with Crippen LogP contribution in [0.15, 0.2) is 29.3 Å². The van der Waals surface area contributed by atoms with Gasteiger partial charge in [0.15, 0.2) is 0 Å². The summed E-state index contributed by atoms with van der Waals surface area (Å²) in [5.74, 6) is -0.990. The summed E-state index contributed by atoms with van der Waals surface area (Å²) in [5, 5.41) is 12.5. The van der Waals surface area contributed by atoms with Gasteiger partial charge >= 0.3 is 12.0 Å². The molecule has 1 saturated heterocycles. The number of phenolic OH excluding ortho intramolecular Hbond substituents is 1. The zero-order valence-corrected chi connectivity index (χ0v) is 15.7. The monoisotopic (exact) mass is 373 g/mol. The number of nitrogens with zero attached hydrogens (tertiary/aromatic N) is 2. The summed E-state index contributed by atoms with van der Waals surface area (Å²) in [5.41, 5.74) is 1.16. The Balaban J connectivity index is 1.71. The fourth-order valence-corrected chi connectivity index (χ4v) is 3.75. The van der Waals surface area contributed by atoms with Gasteiger partial charge in [-0.05, 0) is 50.0 Å². The zero-order chi connectivity index (χ0) is 19.2. The summed E-state index contributed by atoms with van der Waals surface area (Å²) in [6.07, 6.45) is 4.12. The molecule has 0 bridgehead atoms. The van der Waals surface area contributed by atoms with E-state index in [1.165, 1.54) is 19.3 Å². The zero-order valence-electron chi connectivity index (χ0n) is 15.7. The van der Waals surface area contributed by atoms with Crippen molar-refractivity contribution >= 4 is 17.7 Å². The third kappa shape index (κ3) is 4.86. The van der Waals surface area contributed by atoms with Crippen molar-refractivity contribution < 1.29 is 19.4 Å². The third-order valence-corrected chi connectivity index (χ3v) is 5.16. The Morgan fingerprint density at radius 1 is 1.33 bits per heavy atom. The molecule has 0 aliphatic carbocycles. The smallest absolute Gasteiger partial charge is 0.341 e. The van der Waals surface area contributed by atoms with Gasteiger partial charge in [0, 0.05) is 12.3 Å². The molecule has 2 amide bonds. The van der Waals surface area contributed by atoms with Crippen molar-refractivity contribution in [3.05, 3.63) is 29.8 Å². The van der Waals surface area contributed by atoms with E-state index in [4.69, 9.17) is 4.74 Å². The number of amides is 2.